The molecular formula is C24H28ClN3O3. The summed E-state index contributed by atoms with van der Waals surface area (Å²) in [5.74, 6) is 0.459. The van der Waals surface area contributed by atoms with E-state index in [4.69, 9.17) is 16.3 Å². The van der Waals surface area contributed by atoms with Crippen molar-refractivity contribution in [2.24, 2.45) is 0 Å². The van der Waals surface area contributed by atoms with Crippen molar-refractivity contribution in [2.45, 2.75) is 38.3 Å². The summed E-state index contributed by atoms with van der Waals surface area (Å²) in [5, 5.41) is 3.79. The van der Waals surface area contributed by atoms with Gasteiger partial charge in [-0.3, -0.25) is 14.5 Å². The molecule has 2 aliphatic rings. The van der Waals surface area contributed by atoms with Crippen LogP contribution >= 0.6 is 11.6 Å². The molecule has 1 N–H and O–H groups in total. The Morgan fingerprint density at radius 2 is 1.87 bits per heavy atom. The number of hydrogen-bond donors (Lipinski definition) is 1. The molecule has 0 saturated carbocycles. The highest BCUT2D eigenvalue weighted by Crippen LogP contribution is 2.34. The minimum atomic E-state index is -0.558. The molecule has 6 nitrogen and oxygen atoms in total. The van der Waals surface area contributed by atoms with E-state index >= 15 is 0 Å². The molecule has 2 aromatic rings. The average molecular weight is 442 g/mol. The number of amides is 2. The van der Waals surface area contributed by atoms with Gasteiger partial charge < -0.3 is 15.0 Å². The third-order valence-corrected chi connectivity index (χ3v) is 6.32. The van der Waals surface area contributed by atoms with E-state index in [-0.39, 0.29) is 24.3 Å². The number of likely N-dealkylation sites (tertiary alicyclic amines) is 1. The third kappa shape index (κ3) is 4.86. The van der Waals surface area contributed by atoms with Crippen molar-refractivity contribution in [1.82, 2.24) is 10.2 Å². The summed E-state index contributed by atoms with van der Waals surface area (Å²) >= 11 is 6.46. The molecule has 0 spiro atoms. The Hall–Kier alpha value is -2.57. The fraction of sp³-hybridized carbons (Fsp3) is 0.417. The molecule has 164 valence electrons. The average Bonchev–Trinajstić information content (AvgIpc) is 3.30. The zero-order valence-electron chi connectivity index (χ0n) is 17.7. The molecule has 2 heterocycles. The highest BCUT2D eigenvalue weighted by molar-refractivity contribution is 6.31. The first kappa shape index (κ1) is 21.7. The number of nitrogens with zero attached hydrogens (tertiary/aromatic N) is 2. The first-order chi connectivity index (χ1) is 15.0. The number of rotatable bonds is 7. The van der Waals surface area contributed by atoms with Crippen LogP contribution in [0, 0.1) is 0 Å². The fourth-order valence-electron chi connectivity index (χ4n) is 4.34. The molecular weight excluding hydrogens is 414 g/mol. The van der Waals surface area contributed by atoms with Crippen LogP contribution in [0.15, 0.2) is 48.5 Å². The van der Waals surface area contributed by atoms with Crippen LogP contribution in [0.25, 0.3) is 0 Å². The molecule has 0 bridgehead atoms. The maximum Gasteiger partial charge on any atom is 0.267 e. The lowest BCUT2D eigenvalue weighted by molar-refractivity contribution is -0.125. The lowest BCUT2D eigenvalue weighted by atomic mass is 10.1. The second-order valence-corrected chi connectivity index (χ2v) is 8.46. The predicted octanol–water partition coefficient (Wildman–Crippen LogP) is 3.80. The van der Waals surface area contributed by atoms with Crippen LogP contribution in [-0.2, 0) is 9.59 Å². The second-order valence-electron chi connectivity index (χ2n) is 8.05. The molecule has 1 saturated heterocycles. The molecule has 0 aromatic heterocycles. The quantitative estimate of drug-likeness (QED) is 0.710. The SMILES string of the molecule is CC1Oc2ccccc2N(CCC(=O)NCC(c2ccccc2Cl)N2CCCC2)C1=O. The Morgan fingerprint density at radius 3 is 2.65 bits per heavy atom. The fourth-order valence-corrected chi connectivity index (χ4v) is 4.60. The largest absolute Gasteiger partial charge is 0.479 e. The van der Waals surface area contributed by atoms with Crippen LogP contribution in [0.5, 0.6) is 5.75 Å². The first-order valence-electron chi connectivity index (χ1n) is 10.9. The predicted molar refractivity (Wildman–Crippen MR) is 122 cm³/mol. The second kappa shape index (κ2) is 9.71. The molecule has 2 aromatic carbocycles. The lowest BCUT2D eigenvalue weighted by Gasteiger charge is -2.33. The minimum absolute atomic E-state index is 0.0471. The van der Waals surface area contributed by atoms with Gasteiger partial charge in [-0.05, 0) is 56.6 Å². The summed E-state index contributed by atoms with van der Waals surface area (Å²) in [6.45, 7) is 4.55. The topological polar surface area (TPSA) is 61.9 Å². The van der Waals surface area contributed by atoms with Gasteiger partial charge in [-0.15, -0.1) is 0 Å². The van der Waals surface area contributed by atoms with Gasteiger partial charge in [-0.1, -0.05) is 41.9 Å². The van der Waals surface area contributed by atoms with Crippen molar-refractivity contribution in [1.29, 1.82) is 0 Å². The number of halogens is 1. The van der Waals surface area contributed by atoms with Crippen LogP contribution < -0.4 is 15.0 Å². The Labute approximate surface area is 188 Å². The van der Waals surface area contributed by atoms with Crippen molar-refractivity contribution < 1.29 is 14.3 Å². The monoisotopic (exact) mass is 441 g/mol. The lowest BCUT2D eigenvalue weighted by Crippen LogP contribution is -2.46. The summed E-state index contributed by atoms with van der Waals surface area (Å²) in [6.07, 6.45) is 1.98. The smallest absolute Gasteiger partial charge is 0.267 e. The van der Waals surface area contributed by atoms with E-state index in [0.717, 1.165) is 36.5 Å². The number of benzene rings is 2. The van der Waals surface area contributed by atoms with Gasteiger partial charge in [0.25, 0.3) is 5.91 Å². The van der Waals surface area contributed by atoms with Crippen LogP contribution in [-0.4, -0.2) is 49.0 Å². The number of nitrogens with one attached hydrogen (secondary N) is 1. The van der Waals surface area contributed by atoms with Gasteiger partial charge in [-0.25, -0.2) is 0 Å². The number of ether oxygens (including phenoxy) is 1. The van der Waals surface area contributed by atoms with Crippen LogP contribution in [0.2, 0.25) is 5.02 Å². The maximum atomic E-state index is 12.7. The van der Waals surface area contributed by atoms with Crippen molar-refractivity contribution in [3.05, 3.63) is 59.1 Å². The van der Waals surface area contributed by atoms with E-state index in [2.05, 4.69) is 10.2 Å². The number of fused-ring (bicyclic) bond motifs is 1. The third-order valence-electron chi connectivity index (χ3n) is 5.97. The summed E-state index contributed by atoms with van der Waals surface area (Å²) in [4.78, 5) is 29.3. The summed E-state index contributed by atoms with van der Waals surface area (Å²) < 4.78 is 5.67. The van der Waals surface area contributed by atoms with Gasteiger partial charge >= 0.3 is 0 Å². The molecule has 0 radical (unpaired) electrons. The number of hydrogen-bond acceptors (Lipinski definition) is 4. The number of anilines is 1. The Morgan fingerprint density at radius 1 is 1.16 bits per heavy atom. The van der Waals surface area contributed by atoms with Gasteiger partial charge in [0.1, 0.15) is 5.75 Å². The molecule has 7 heteroatoms. The molecule has 2 aliphatic heterocycles. The number of carbonyl (C=O) groups excluding carboxylic acids is 2. The Kier molecular flexibility index (Phi) is 6.78. The highest BCUT2D eigenvalue weighted by atomic mass is 35.5. The number of para-hydroxylation sites is 2. The Balaban J connectivity index is 1.39. The van der Waals surface area contributed by atoms with Gasteiger partial charge in [0.15, 0.2) is 6.10 Å². The molecule has 1 fully saturated rings. The summed E-state index contributed by atoms with van der Waals surface area (Å²) in [6, 6.07) is 15.3. The first-order valence-corrected chi connectivity index (χ1v) is 11.2. The van der Waals surface area contributed by atoms with Crippen molar-refractivity contribution in [2.75, 3.05) is 31.1 Å². The van der Waals surface area contributed by atoms with Gasteiger partial charge in [0, 0.05) is 24.5 Å². The van der Waals surface area contributed by atoms with Gasteiger partial charge in [0.2, 0.25) is 5.91 Å². The standard InChI is InChI=1S/C24H28ClN3O3/c1-17-24(30)28(20-10-4-5-11-22(20)31-17)15-12-23(29)26-16-21(27-13-6-7-14-27)18-8-2-3-9-19(18)25/h2-5,8-11,17,21H,6-7,12-16H2,1H3,(H,26,29). The summed E-state index contributed by atoms with van der Waals surface area (Å²) in [7, 11) is 0. The van der Waals surface area contributed by atoms with E-state index in [0.29, 0.717) is 24.5 Å². The van der Waals surface area contributed by atoms with Crippen LogP contribution in [0.3, 0.4) is 0 Å². The molecule has 31 heavy (non-hydrogen) atoms. The van der Waals surface area contributed by atoms with Crippen molar-refractivity contribution in [3.8, 4) is 5.75 Å². The molecule has 2 unspecified atom stereocenters. The van der Waals surface area contributed by atoms with Crippen LogP contribution in [0.4, 0.5) is 5.69 Å². The highest BCUT2D eigenvalue weighted by Gasteiger charge is 2.31. The number of carbonyl (C=O) groups is 2. The molecule has 2 atom stereocenters. The van der Waals surface area contributed by atoms with Crippen LogP contribution in [0.1, 0.15) is 37.8 Å². The van der Waals surface area contributed by atoms with Crippen molar-refractivity contribution in [3.63, 3.8) is 0 Å². The van der Waals surface area contributed by atoms with E-state index in [1.165, 1.54) is 0 Å². The molecule has 0 aliphatic carbocycles. The van der Waals surface area contributed by atoms with Gasteiger partial charge in [0.05, 0.1) is 11.7 Å². The van der Waals surface area contributed by atoms with E-state index in [1.807, 2.05) is 48.5 Å². The molecule has 2 amide bonds. The summed E-state index contributed by atoms with van der Waals surface area (Å²) in [5.41, 5.74) is 1.75. The normalized spacial score (nSPS) is 19.6. The van der Waals surface area contributed by atoms with Gasteiger partial charge in [-0.2, -0.15) is 0 Å². The zero-order valence-corrected chi connectivity index (χ0v) is 18.5. The zero-order chi connectivity index (χ0) is 21.8. The maximum absolute atomic E-state index is 12.7. The Bertz CT molecular complexity index is 945. The molecule has 4 rings (SSSR count). The van der Waals surface area contributed by atoms with E-state index < -0.39 is 6.10 Å². The minimum Gasteiger partial charge on any atom is -0.479 e. The van der Waals surface area contributed by atoms with E-state index in [9.17, 15) is 9.59 Å². The van der Waals surface area contributed by atoms with E-state index in [1.54, 1.807) is 11.8 Å². The van der Waals surface area contributed by atoms with Crippen molar-refractivity contribution >= 4 is 29.1 Å².